The van der Waals surface area contributed by atoms with Crippen LogP contribution in [-0.4, -0.2) is 24.5 Å². The summed E-state index contributed by atoms with van der Waals surface area (Å²) in [7, 11) is 0. The van der Waals surface area contributed by atoms with Crippen LogP contribution in [0.2, 0.25) is 0 Å². The van der Waals surface area contributed by atoms with Crippen LogP contribution in [0, 0.1) is 6.92 Å². The first-order valence-corrected chi connectivity index (χ1v) is 21.4. The molecule has 6 nitrogen and oxygen atoms in total. The molecule has 63 heavy (non-hydrogen) atoms. The number of para-hydroxylation sites is 1. The van der Waals surface area contributed by atoms with Crippen LogP contribution in [0.3, 0.4) is 0 Å². The summed E-state index contributed by atoms with van der Waals surface area (Å²) in [5, 5.41) is 3.42. The fourth-order valence-electron chi connectivity index (χ4n) is 9.16. The Kier molecular flexibility index (Phi) is 8.75. The van der Waals surface area contributed by atoms with E-state index in [1.54, 1.807) is 0 Å². The second-order valence-electron chi connectivity index (χ2n) is 16.2. The van der Waals surface area contributed by atoms with Crippen molar-refractivity contribution in [2.75, 3.05) is 0 Å². The molecule has 0 unspecified atom stereocenters. The van der Waals surface area contributed by atoms with E-state index in [-0.39, 0.29) is 0 Å². The summed E-state index contributed by atoms with van der Waals surface area (Å²) in [6.07, 6.45) is 8.41. The highest BCUT2D eigenvalue weighted by Crippen LogP contribution is 2.43. The summed E-state index contributed by atoms with van der Waals surface area (Å²) in [6.45, 7) is 2.13. The van der Waals surface area contributed by atoms with Crippen molar-refractivity contribution in [2.24, 2.45) is 0 Å². The van der Waals surface area contributed by atoms with E-state index in [0.717, 1.165) is 85.1 Å². The molecule has 1 aliphatic rings. The number of allylic oxidation sites excluding steroid dienone is 1. The Balaban J connectivity index is 1.11. The minimum absolute atomic E-state index is 0.594. The van der Waals surface area contributed by atoms with Crippen LogP contribution in [0.4, 0.5) is 0 Å². The third-order valence-corrected chi connectivity index (χ3v) is 12.3. The molecule has 0 saturated carbocycles. The fourth-order valence-corrected chi connectivity index (χ4v) is 9.16. The van der Waals surface area contributed by atoms with Gasteiger partial charge in [0.05, 0.1) is 16.9 Å². The average Bonchev–Trinajstić information content (AvgIpc) is 3.89. The molecule has 0 fully saturated rings. The minimum Gasteiger partial charge on any atom is -0.456 e. The van der Waals surface area contributed by atoms with Crippen LogP contribution in [-0.2, 0) is 6.42 Å². The Morgan fingerprint density at radius 3 is 1.92 bits per heavy atom. The van der Waals surface area contributed by atoms with Gasteiger partial charge in [-0.3, -0.25) is 4.98 Å². The molecule has 0 spiro atoms. The van der Waals surface area contributed by atoms with Crippen LogP contribution in [0.15, 0.2) is 193 Å². The number of hydrogen-bond donors (Lipinski definition) is 0. The predicted octanol–water partition coefficient (Wildman–Crippen LogP) is 14.4. The first-order chi connectivity index (χ1) is 31.1. The van der Waals surface area contributed by atoms with Crippen LogP contribution in [0.5, 0.6) is 0 Å². The molecule has 12 rings (SSSR count). The molecule has 4 heterocycles. The number of nitrogens with zero attached hydrogens (tertiary/aromatic N) is 5. The van der Waals surface area contributed by atoms with Gasteiger partial charge in [0.2, 0.25) is 0 Å². The second kappa shape index (κ2) is 15.0. The van der Waals surface area contributed by atoms with Gasteiger partial charge in [-0.15, -0.1) is 0 Å². The van der Waals surface area contributed by atoms with E-state index in [1.807, 2.05) is 85.1 Å². The summed E-state index contributed by atoms with van der Waals surface area (Å²) in [5.41, 5.74) is 16.7. The molecular weight excluding hydrogens is 771 g/mol. The zero-order valence-electron chi connectivity index (χ0n) is 34.5. The lowest BCUT2D eigenvalue weighted by Crippen LogP contribution is -2.05. The van der Waals surface area contributed by atoms with Gasteiger partial charge in [-0.1, -0.05) is 139 Å². The lowest BCUT2D eigenvalue weighted by molar-refractivity contribution is 0.669. The molecule has 0 radical (unpaired) electrons. The van der Waals surface area contributed by atoms with Crippen molar-refractivity contribution in [3.8, 4) is 73.4 Å². The summed E-state index contributed by atoms with van der Waals surface area (Å²) >= 11 is 0. The molecule has 1 aliphatic carbocycles. The zero-order valence-corrected chi connectivity index (χ0v) is 34.5. The lowest BCUT2D eigenvalue weighted by atomic mass is 9.95. The molecule has 11 aromatic rings. The van der Waals surface area contributed by atoms with Gasteiger partial charge in [0.25, 0.3) is 0 Å². The molecule has 0 amide bonds. The molecular formula is C57H39N5O. The standard InChI is InChI=1S/C57H39N5O/c1-36-22-24-37(25-23-36)40-27-30-50-47(33-40)44-17-8-10-20-49(44)62(50)51-35-42(57-60-55(38-13-4-2-5-14-38)59-56(61-57)39-15-6-3-7-16-39)26-29-46(51)54-43(19-12-32-58-54)41-28-31-53-48(34-41)45-18-9-11-21-52(45)63-53/h2-7,9-16,18-35H,8,17H2,1H3. The zero-order chi connectivity index (χ0) is 41.9. The smallest absolute Gasteiger partial charge is 0.164 e. The van der Waals surface area contributed by atoms with Crippen molar-refractivity contribution in [2.45, 2.75) is 19.8 Å². The first kappa shape index (κ1) is 36.6. The molecule has 0 atom stereocenters. The Morgan fingerprint density at radius 1 is 0.492 bits per heavy atom. The molecule has 0 aliphatic heterocycles. The van der Waals surface area contributed by atoms with Gasteiger partial charge >= 0.3 is 0 Å². The van der Waals surface area contributed by atoms with Gasteiger partial charge in [-0.05, 0) is 96.6 Å². The Bertz CT molecular complexity index is 3510. The van der Waals surface area contributed by atoms with Gasteiger partial charge in [0.15, 0.2) is 17.5 Å². The third-order valence-electron chi connectivity index (χ3n) is 12.3. The first-order valence-electron chi connectivity index (χ1n) is 21.4. The van der Waals surface area contributed by atoms with Crippen LogP contribution in [0.25, 0.3) is 112 Å². The molecule has 6 heteroatoms. The van der Waals surface area contributed by atoms with Gasteiger partial charge in [-0.2, -0.15) is 0 Å². The topological polar surface area (TPSA) is 69.6 Å². The van der Waals surface area contributed by atoms with Crippen LogP contribution in [0.1, 0.15) is 23.2 Å². The highest BCUT2D eigenvalue weighted by Gasteiger charge is 2.24. The van der Waals surface area contributed by atoms with E-state index in [4.69, 9.17) is 24.4 Å². The minimum atomic E-state index is 0.594. The van der Waals surface area contributed by atoms with Crippen molar-refractivity contribution in [3.63, 3.8) is 0 Å². The summed E-state index contributed by atoms with van der Waals surface area (Å²) in [5.74, 6) is 1.83. The van der Waals surface area contributed by atoms with E-state index in [0.29, 0.717) is 17.5 Å². The number of aromatic nitrogens is 5. The normalized spacial score (nSPS) is 12.3. The Morgan fingerprint density at radius 2 is 1.14 bits per heavy atom. The number of hydrogen-bond acceptors (Lipinski definition) is 5. The van der Waals surface area contributed by atoms with E-state index in [1.165, 1.54) is 33.3 Å². The number of benzene rings is 7. The SMILES string of the molecule is Cc1ccc(-c2ccc3c(c2)c2c(n3-c3cc(-c4nc(-c5ccccc5)nc(-c5ccccc5)n4)ccc3-c3ncccc3-c3ccc4oc5ccccc5c4c3)C=CCC2)cc1. The van der Waals surface area contributed by atoms with Gasteiger partial charge in [0.1, 0.15) is 11.2 Å². The highest BCUT2D eigenvalue weighted by atomic mass is 16.3. The third kappa shape index (κ3) is 6.43. The fraction of sp³-hybridized carbons (Fsp3) is 0.0526. The molecule has 7 aromatic carbocycles. The maximum absolute atomic E-state index is 6.25. The molecule has 298 valence electrons. The summed E-state index contributed by atoms with van der Waals surface area (Å²) in [4.78, 5) is 20.5. The number of rotatable bonds is 7. The van der Waals surface area contributed by atoms with E-state index < -0.39 is 0 Å². The molecule has 4 aromatic heterocycles. The van der Waals surface area contributed by atoms with Crippen LogP contribution < -0.4 is 0 Å². The summed E-state index contributed by atoms with van der Waals surface area (Å²) in [6, 6.07) is 61.4. The maximum atomic E-state index is 6.25. The number of aryl methyl sites for hydroxylation is 2. The maximum Gasteiger partial charge on any atom is 0.164 e. The Labute approximate surface area is 364 Å². The molecule has 0 saturated heterocycles. The lowest BCUT2D eigenvalue weighted by Gasteiger charge is -2.19. The van der Waals surface area contributed by atoms with Gasteiger partial charge in [-0.25, -0.2) is 15.0 Å². The monoisotopic (exact) mass is 809 g/mol. The second-order valence-corrected chi connectivity index (χ2v) is 16.2. The quantitative estimate of drug-likeness (QED) is 0.160. The van der Waals surface area contributed by atoms with Crippen molar-refractivity contribution in [1.82, 2.24) is 24.5 Å². The van der Waals surface area contributed by atoms with Crippen molar-refractivity contribution >= 4 is 38.9 Å². The van der Waals surface area contributed by atoms with Crippen molar-refractivity contribution in [3.05, 3.63) is 205 Å². The van der Waals surface area contributed by atoms with Crippen molar-refractivity contribution in [1.29, 1.82) is 0 Å². The van der Waals surface area contributed by atoms with E-state index in [9.17, 15) is 0 Å². The van der Waals surface area contributed by atoms with Gasteiger partial charge in [0, 0.05) is 55.9 Å². The van der Waals surface area contributed by atoms with Gasteiger partial charge < -0.3 is 8.98 Å². The summed E-state index contributed by atoms with van der Waals surface area (Å²) < 4.78 is 8.68. The largest absolute Gasteiger partial charge is 0.456 e. The predicted molar refractivity (Wildman–Crippen MR) is 256 cm³/mol. The average molecular weight is 810 g/mol. The Hall–Kier alpha value is -8.22. The highest BCUT2D eigenvalue weighted by molar-refractivity contribution is 6.07. The van der Waals surface area contributed by atoms with E-state index >= 15 is 0 Å². The number of furan rings is 1. The van der Waals surface area contributed by atoms with Crippen molar-refractivity contribution < 1.29 is 4.42 Å². The number of pyridine rings is 1. The van der Waals surface area contributed by atoms with Crippen LogP contribution >= 0.6 is 0 Å². The van der Waals surface area contributed by atoms with E-state index in [2.05, 4.69) is 121 Å². The molecule has 0 bridgehead atoms. The number of fused-ring (bicyclic) bond motifs is 6. The molecule has 0 N–H and O–H groups in total.